The first-order chi connectivity index (χ1) is 9.13. The summed E-state index contributed by atoms with van der Waals surface area (Å²) in [5.41, 5.74) is 9.09. The number of nitrogens with two attached hydrogens (primary N) is 1. The van der Waals surface area contributed by atoms with Gasteiger partial charge in [0.2, 0.25) is 0 Å². The summed E-state index contributed by atoms with van der Waals surface area (Å²) in [6, 6.07) is 7.58. The molecule has 0 fully saturated rings. The lowest BCUT2D eigenvalue weighted by Crippen LogP contribution is -2.15. The highest BCUT2D eigenvalue weighted by molar-refractivity contribution is 6.33. The van der Waals surface area contributed by atoms with Crippen LogP contribution in [0.5, 0.6) is 0 Å². The first kappa shape index (κ1) is 13.8. The molecule has 2 rings (SSSR count). The largest absolute Gasteiger partial charge is 0.381 e. The van der Waals surface area contributed by atoms with E-state index >= 15 is 0 Å². The number of hydrogen-bond donors (Lipinski definition) is 2. The standard InChI is InChI=1S/C14H17ClN4/c1-9-13(17-8-7-16)10(2)19-14(18-9)11-5-3-4-6-12(11)15/h3-6,17H,7-8,16H2,1-2H3. The minimum atomic E-state index is 0.575. The third-order valence-corrected chi connectivity index (χ3v) is 3.16. The molecule has 2 aromatic rings. The van der Waals surface area contributed by atoms with Gasteiger partial charge in [-0.2, -0.15) is 0 Å². The molecular weight excluding hydrogens is 260 g/mol. The van der Waals surface area contributed by atoms with Gasteiger partial charge in [-0.15, -0.1) is 0 Å². The number of anilines is 1. The average molecular weight is 277 g/mol. The maximum Gasteiger partial charge on any atom is 0.161 e. The molecule has 1 aromatic heterocycles. The lowest BCUT2D eigenvalue weighted by atomic mass is 10.2. The van der Waals surface area contributed by atoms with Crippen LogP contribution in [0.1, 0.15) is 11.4 Å². The molecule has 1 heterocycles. The van der Waals surface area contributed by atoms with Crippen molar-refractivity contribution in [1.29, 1.82) is 0 Å². The lowest BCUT2D eigenvalue weighted by Gasteiger charge is -2.13. The molecule has 0 spiro atoms. The van der Waals surface area contributed by atoms with Gasteiger partial charge in [0, 0.05) is 18.7 Å². The Bertz CT molecular complexity index is 560. The summed E-state index contributed by atoms with van der Waals surface area (Å²) in [6.45, 7) is 5.18. The van der Waals surface area contributed by atoms with Crippen LogP contribution in [0.2, 0.25) is 5.02 Å². The van der Waals surface area contributed by atoms with Crippen LogP contribution in [0, 0.1) is 13.8 Å². The zero-order chi connectivity index (χ0) is 13.8. The van der Waals surface area contributed by atoms with Gasteiger partial charge in [-0.05, 0) is 26.0 Å². The molecule has 19 heavy (non-hydrogen) atoms. The Morgan fingerprint density at radius 2 is 1.79 bits per heavy atom. The molecule has 4 nitrogen and oxygen atoms in total. The van der Waals surface area contributed by atoms with E-state index in [9.17, 15) is 0 Å². The predicted molar refractivity (Wildman–Crippen MR) is 79.5 cm³/mol. The van der Waals surface area contributed by atoms with Crippen molar-refractivity contribution in [3.8, 4) is 11.4 Å². The predicted octanol–water partition coefficient (Wildman–Crippen LogP) is 2.78. The molecule has 0 atom stereocenters. The highest BCUT2D eigenvalue weighted by atomic mass is 35.5. The minimum absolute atomic E-state index is 0.575. The van der Waals surface area contributed by atoms with Crippen molar-refractivity contribution in [2.45, 2.75) is 13.8 Å². The Balaban J connectivity index is 2.43. The molecule has 100 valence electrons. The first-order valence-electron chi connectivity index (χ1n) is 6.17. The lowest BCUT2D eigenvalue weighted by molar-refractivity contribution is 0.990. The molecule has 1 aromatic carbocycles. The molecular formula is C14H17ClN4. The van der Waals surface area contributed by atoms with E-state index < -0.39 is 0 Å². The van der Waals surface area contributed by atoms with Gasteiger partial charge in [0.15, 0.2) is 5.82 Å². The highest BCUT2D eigenvalue weighted by Crippen LogP contribution is 2.27. The van der Waals surface area contributed by atoms with Crippen LogP contribution in [0.25, 0.3) is 11.4 Å². The topological polar surface area (TPSA) is 63.8 Å². The number of rotatable bonds is 4. The van der Waals surface area contributed by atoms with Gasteiger partial charge in [-0.3, -0.25) is 0 Å². The molecule has 0 radical (unpaired) electrons. The van der Waals surface area contributed by atoms with E-state index in [4.69, 9.17) is 17.3 Å². The maximum atomic E-state index is 6.17. The van der Waals surface area contributed by atoms with Crippen LogP contribution < -0.4 is 11.1 Å². The van der Waals surface area contributed by atoms with Crippen LogP contribution in [-0.4, -0.2) is 23.1 Å². The Labute approximate surface area is 118 Å². The summed E-state index contributed by atoms with van der Waals surface area (Å²) in [5.74, 6) is 0.652. The van der Waals surface area contributed by atoms with Gasteiger partial charge in [-0.25, -0.2) is 9.97 Å². The van der Waals surface area contributed by atoms with Gasteiger partial charge in [0.1, 0.15) is 0 Å². The Morgan fingerprint density at radius 1 is 1.16 bits per heavy atom. The Morgan fingerprint density at radius 3 is 2.37 bits per heavy atom. The van der Waals surface area contributed by atoms with Crippen molar-refractivity contribution in [2.75, 3.05) is 18.4 Å². The minimum Gasteiger partial charge on any atom is -0.381 e. The van der Waals surface area contributed by atoms with Crippen LogP contribution in [0.15, 0.2) is 24.3 Å². The Hall–Kier alpha value is -1.65. The molecule has 0 saturated carbocycles. The second kappa shape index (κ2) is 5.99. The fourth-order valence-electron chi connectivity index (χ4n) is 1.93. The summed E-state index contributed by atoms with van der Waals surface area (Å²) in [5, 5.41) is 3.90. The normalized spacial score (nSPS) is 10.5. The highest BCUT2D eigenvalue weighted by Gasteiger charge is 2.11. The van der Waals surface area contributed by atoms with Crippen LogP contribution in [0.3, 0.4) is 0 Å². The Kier molecular flexibility index (Phi) is 4.35. The smallest absolute Gasteiger partial charge is 0.161 e. The van der Waals surface area contributed by atoms with Crippen molar-refractivity contribution in [2.24, 2.45) is 5.73 Å². The van der Waals surface area contributed by atoms with E-state index in [1.807, 2.05) is 38.1 Å². The third kappa shape index (κ3) is 3.03. The number of halogens is 1. The molecule has 0 saturated heterocycles. The maximum absolute atomic E-state index is 6.17. The van der Waals surface area contributed by atoms with Crippen molar-refractivity contribution < 1.29 is 0 Å². The monoisotopic (exact) mass is 276 g/mol. The average Bonchev–Trinajstić information content (AvgIpc) is 2.38. The third-order valence-electron chi connectivity index (χ3n) is 2.83. The van der Waals surface area contributed by atoms with E-state index in [1.54, 1.807) is 0 Å². The number of nitrogens with zero attached hydrogens (tertiary/aromatic N) is 2. The van der Waals surface area contributed by atoms with E-state index in [2.05, 4.69) is 15.3 Å². The molecule has 0 amide bonds. The number of hydrogen-bond acceptors (Lipinski definition) is 4. The van der Waals surface area contributed by atoms with E-state index in [-0.39, 0.29) is 0 Å². The first-order valence-corrected chi connectivity index (χ1v) is 6.55. The van der Waals surface area contributed by atoms with Gasteiger partial charge in [0.05, 0.1) is 22.1 Å². The zero-order valence-electron chi connectivity index (χ0n) is 11.1. The molecule has 0 aliphatic heterocycles. The number of benzene rings is 1. The summed E-state index contributed by atoms with van der Waals surface area (Å²) in [4.78, 5) is 9.04. The van der Waals surface area contributed by atoms with Crippen molar-refractivity contribution >= 4 is 17.3 Å². The molecule has 0 unspecified atom stereocenters. The fraction of sp³-hybridized carbons (Fsp3) is 0.286. The summed E-state index contributed by atoms with van der Waals surface area (Å²) < 4.78 is 0. The summed E-state index contributed by atoms with van der Waals surface area (Å²) in [6.07, 6.45) is 0. The number of aryl methyl sites for hydroxylation is 2. The van der Waals surface area contributed by atoms with Gasteiger partial charge < -0.3 is 11.1 Å². The molecule has 0 aliphatic carbocycles. The van der Waals surface area contributed by atoms with E-state index in [1.165, 1.54) is 0 Å². The fourth-order valence-corrected chi connectivity index (χ4v) is 2.15. The van der Waals surface area contributed by atoms with E-state index in [0.717, 1.165) is 22.6 Å². The zero-order valence-corrected chi connectivity index (χ0v) is 11.8. The van der Waals surface area contributed by atoms with Crippen molar-refractivity contribution in [3.63, 3.8) is 0 Å². The van der Waals surface area contributed by atoms with Gasteiger partial charge >= 0.3 is 0 Å². The molecule has 5 heteroatoms. The van der Waals surface area contributed by atoms with Crippen molar-refractivity contribution in [3.05, 3.63) is 40.7 Å². The molecule has 0 aliphatic rings. The summed E-state index contributed by atoms with van der Waals surface area (Å²) in [7, 11) is 0. The number of aromatic nitrogens is 2. The van der Waals surface area contributed by atoms with Gasteiger partial charge in [0.25, 0.3) is 0 Å². The molecule has 3 N–H and O–H groups in total. The molecule has 0 bridgehead atoms. The van der Waals surface area contributed by atoms with Crippen molar-refractivity contribution in [1.82, 2.24) is 9.97 Å². The van der Waals surface area contributed by atoms with Crippen LogP contribution in [-0.2, 0) is 0 Å². The summed E-state index contributed by atoms with van der Waals surface area (Å²) >= 11 is 6.17. The van der Waals surface area contributed by atoms with Crippen LogP contribution in [0.4, 0.5) is 5.69 Å². The second-order valence-electron chi connectivity index (χ2n) is 4.29. The van der Waals surface area contributed by atoms with E-state index in [0.29, 0.717) is 23.9 Å². The second-order valence-corrected chi connectivity index (χ2v) is 4.70. The van der Waals surface area contributed by atoms with Gasteiger partial charge in [-0.1, -0.05) is 23.7 Å². The number of nitrogens with one attached hydrogen (secondary N) is 1. The SMILES string of the molecule is Cc1nc(-c2ccccc2Cl)nc(C)c1NCCN. The quantitative estimate of drug-likeness (QED) is 0.901. The van der Waals surface area contributed by atoms with Crippen LogP contribution >= 0.6 is 11.6 Å².